The van der Waals surface area contributed by atoms with Crippen LogP contribution in [-0.4, -0.2) is 145 Å². The normalized spacial score (nSPS) is 12.1. The highest BCUT2D eigenvalue weighted by molar-refractivity contribution is 5.95. The highest BCUT2D eigenvalue weighted by atomic mass is 16.5. The lowest BCUT2D eigenvalue weighted by molar-refractivity contribution is -0.144. The van der Waals surface area contributed by atoms with Crippen LogP contribution in [0.2, 0.25) is 0 Å². The number of aldehydes is 1. The smallest absolute Gasteiger partial charge is 0.305 e. The number of unbranched alkanes of at least 4 members (excludes halogenated alkanes) is 3. The van der Waals surface area contributed by atoms with Gasteiger partial charge in [0.15, 0.2) is 11.6 Å². The standard InChI is InChI=1S/C52H77N5O14/c1-67-34-36-69-31-14-28-53-47(61)26-23-45(59)43(38-40-16-6-3-7-17-40)56-50(64)25-22-42(55-49(63)20-10-5-13-33-71-51(65)21-11-12-30-58)52(66)57-44(39-41-18-8-4-9-19-41)46(60)24-27-48(62)54-29-15-32-70-37-35-68-2/h3-4,6-9,16-19,30,42-44H,5,10-15,20-29,31-39H2,1-2H3,(H,53,61)(H,54,62)(H,55,63)(H,56,64)(H,57,66). The Bertz CT molecular complexity index is 1870. The Morgan fingerprint density at radius 1 is 0.479 bits per heavy atom. The first-order chi connectivity index (χ1) is 34.4. The molecular formula is C52H77N5O14. The maximum Gasteiger partial charge on any atom is 0.305 e. The second-order valence-electron chi connectivity index (χ2n) is 16.9. The summed E-state index contributed by atoms with van der Waals surface area (Å²) in [4.78, 5) is 116. The van der Waals surface area contributed by atoms with Crippen molar-refractivity contribution in [3.8, 4) is 0 Å². The quantitative estimate of drug-likeness (QED) is 0.0363. The van der Waals surface area contributed by atoms with Gasteiger partial charge >= 0.3 is 5.97 Å². The van der Waals surface area contributed by atoms with Crippen LogP contribution < -0.4 is 26.6 Å². The molecule has 0 aliphatic rings. The molecule has 2 aromatic carbocycles. The Hall–Kier alpha value is -5.89. The van der Waals surface area contributed by atoms with Gasteiger partial charge in [-0.2, -0.15) is 0 Å². The van der Waals surface area contributed by atoms with Crippen molar-refractivity contribution in [2.75, 3.05) is 73.6 Å². The number of methoxy groups -OCH3 is 2. The molecule has 3 atom stereocenters. The van der Waals surface area contributed by atoms with Crippen LogP contribution in [0.5, 0.6) is 0 Å². The Balaban J connectivity index is 2.17. The topological polar surface area (TPSA) is 260 Å². The van der Waals surface area contributed by atoms with Gasteiger partial charge in [0, 0.05) is 91.9 Å². The summed E-state index contributed by atoms with van der Waals surface area (Å²) in [6.45, 7) is 3.53. The average Bonchev–Trinajstić information content (AvgIpc) is 3.36. The summed E-state index contributed by atoms with van der Waals surface area (Å²) < 4.78 is 25.9. The molecule has 0 heterocycles. The number of nitrogens with one attached hydrogen (secondary N) is 5. The van der Waals surface area contributed by atoms with E-state index in [4.69, 9.17) is 23.7 Å². The van der Waals surface area contributed by atoms with Crippen LogP contribution in [0.3, 0.4) is 0 Å². The number of ether oxygens (including phenoxy) is 5. The summed E-state index contributed by atoms with van der Waals surface area (Å²) in [6, 6.07) is 14.7. The number of carbonyl (C=O) groups is 9. The van der Waals surface area contributed by atoms with Crippen molar-refractivity contribution < 1.29 is 66.8 Å². The zero-order chi connectivity index (χ0) is 51.7. The summed E-state index contributed by atoms with van der Waals surface area (Å²) in [6.07, 6.45) is 3.35. The lowest BCUT2D eigenvalue weighted by atomic mass is 9.98. The molecule has 0 radical (unpaired) electrons. The third-order valence-electron chi connectivity index (χ3n) is 11.0. The Morgan fingerprint density at radius 2 is 0.986 bits per heavy atom. The van der Waals surface area contributed by atoms with Gasteiger partial charge in [-0.05, 0) is 68.9 Å². The first-order valence-corrected chi connectivity index (χ1v) is 24.7. The molecule has 71 heavy (non-hydrogen) atoms. The number of esters is 1. The van der Waals surface area contributed by atoms with Crippen LogP contribution >= 0.6 is 0 Å². The van der Waals surface area contributed by atoms with Gasteiger partial charge < -0.3 is 55.1 Å². The van der Waals surface area contributed by atoms with E-state index in [1.54, 1.807) is 50.6 Å². The number of hydrogen-bond donors (Lipinski definition) is 5. The number of ketones is 2. The molecule has 2 aromatic rings. The van der Waals surface area contributed by atoms with E-state index < -0.39 is 47.6 Å². The van der Waals surface area contributed by atoms with E-state index in [2.05, 4.69) is 26.6 Å². The molecular weight excluding hydrogens is 919 g/mol. The molecule has 19 heteroatoms. The Labute approximate surface area is 418 Å². The first kappa shape index (κ1) is 61.2. The molecule has 5 N–H and O–H groups in total. The van der Waals surface area contributed by atoms with Crippen molar-refractivity contribution in [1.82, 2.24) is 26.6 Å². The first-order valence-electron chi connectivity index (χ1n) is 24.7. The molecule has 19 nitrogen and oxygen atoms in total. The molecule has 0 spiro atoms. The molecule has 394 valence electrons. The monoisotopic (exact) mass is 996 g/mol. The maximum atomic E-state index is 14.2. The van der Waals surface area contributed by atoms with E-state index in [0.29, 0.717) is 91.3 Å². The van der Waals surface area contributed by atoms with Crippen molar-refractivity contribution in [3.05, 3.63) is 71.8 Å². The van der Waals surface area contributed by atoms with Crippen molar-refractivity contribution in [3.63, 3.8) is 0 Å². The van der Waals surface area contributed by atoms with Gasteiger partial charge in [-0.25, -0.2) is 0 Å². The van der Waals surface area contributed by atoms with Gasteiger partial charge in [-0.15, -0.1) is 0 Å². The molecule has 3 unspecified atom stereocenters. The summed E-state index contributed by atoms with van der Waals surface area (Å²) in [5, 5.41) is 13.9. The zero-order valence-corrected chi connectivity index (χ0v) is 41.7. The van der Waals surface area contributed by atoms with Gasteiger partial charge in [0.25, 0.3) is 0 Å². The van der Waals surface area contributed by atoms with Crippen LogP contribution in [0.4, 0.5) is 0 Å². The molecule has 0 saturated heterocycles. The number of carbonyl (C=O) groups excluding carboxylic acids is 9. The SMILES string of the molecule is COCCOCCCNC(=O)CCC(=O)C(Cc1ccccc1)NC(=O)CCC(NC(=O)CCCCCOC(=O)CCCC=O)C(=O)NC(Cc1ccccc1)C(=O)CCC(=O)NCCCOCCOC. The highest BCUT2D eigenvalue weighted by Gasteiger charge is 2.29. The minimum atomic E-state index is -1.28. The number of Topliss-reactive ketones (excluding diaryl/α,β-unsaturated/α-hetero) is 2. The summed E-state index contributed by atoms with van der Waals surface area (Å²) in [5.41, 5.74) is 1.52. The number of benzene rings is 2. The summed E-state index contributed by atoms with van der Waals surface area (Å²) in [7, 11) is 3.15. The molecule has 0 aliphatic heterocycles. The second kappa shape index (κ2) is 39.8. The predicted molar refractivity (Wildman–Crippen MR) is 264 cm³/mol. The highest BCUT2D eigenvalue weighted by Crippen LogP contribution is 2.12. The number of amides is 5. The van der Waals surface area contributed by atoms with Crippen LogP contribution in [-0.2, 0) is 79.7 Å². The average molecular weight is 996 g/mol. The van der Waals surface area contributed by atoms with E-state index in [0.717, 1.165) is 17.4 Å². The van der Waals surface area contributed by atoms with Crippen LogP contribution in [0.15, 0.2) is 60.7 Å². The lowest BCUT2D eigenvalue weighted by Gasteiger charge is -2.24. The summed E-state index contributed by atoms with van der Waals surface area (Å²) in [5.74, 6) is -3.62. The predicted octanol–water partition coefficient (Wildman–Crippen LogP) is 3.22. The fourth-order valence-electron chi connectivity index (χ4n) is 6.98. The van der Waals surface area contributed by atoms with Crippen molar-refractivity contribution >= 4 is 53.4 Å². The molecule has 0 saturated carbocycles. The minimum Gasteiger partial charge on any atom is -0.466 e. The molecule has 2 rings (SSSR count). The van der Waals surface area contributed by atoms with E-state index in [9.17, 15) is 43.2 Å². The number of hydrogen-bond acceptors (Lipinski definition) is 14. The molecule has 5 amide bonds. The fraction of sp³-hybridized carbons (Fsp3) is 0.596. The molecule has 0 fully saturated rings. The Kier molecular flexibility index (Phi) is 34.3. The Morgan fingerprint density at radius 3 is 1.51 bits per heavy atom. The number of rotatable bonds is 43. The van der Waals surface area contributed by atoms with Gasteiger partial charge in [-0.1, -0.05) is 60.7 Å². The van der Waals surface area contributed by atoms with Crippen LogP contribution in [0, 0.1) is 0 Å². The van der Waals surface area contributed by atoms with Crippen molar-refractivity contribution in [2.24, 2.45) is 0 Å². The van der Waals surface area contributed by atoms with Gasteiger partial charge in [0.2, 0.25) is 29.5 Å². The van der Waals surface area contributed by atoms with Crippen molar-refractivity contribution in [1.29, 1.82) is 0 Å². The minimum absolute atomic E-state index is 0.00736. The third-order valence-corrected chi connectivity index (χ3v) is 11.0. The molecule has 0 aromatic heterocycles. The van der Waals surface area contributed by atoms with Gasteiger partial charge in [-0.3, -0.25) is 38.4 Å². The van der Waals surface area contributed by atoms with E-state index in [1.165, 1.54) is 0 Å². The maximum absolute atomic E-state index is 14.2. The van der Waals surface area contributed by atoms with Crippen molar-refractivity contribution in [2.45, 2.75) is 127 Å². The van der Waals surface area contributed by atoms with E-state index in [1.807, 2.05) is 24.3 Å². The largest absolute Gasteiger partial charge is 0.466 e. The van der Waals surface area contributed by atoms with E-state index >= 15 is 0 Å². The summed E-state index contributed by atoms with van der Waals surface area (Å²) >= 11 is 0. The molecule has 0 bridgehead atoms. The van der Waals surface area contributed by atoms with E-state index in [-0.39, 0.29) is 94.8 Å². The van der Waals surface area contributed by atoms with Crippen LogP contribution in [0.1, 0.15) is 107 Å². The molecule has 0 aliphatic carbocycles. The van der Waals surface area contributed by atoms with Gasteiger partial charge in [0.1, 0.15) is 12.3 Å². The van der Waals surface area contributed by atoms with Crippen LogP contribution in [0.25, 0.3) is 0 Å². The van der Waals surface area contributed by atoms with Gasteiger partial charge in [0.05, 0.1) is 45.1 Å². The third kappa shape index (κ3) is 31.1. The zero-order valence-electron chi connectivity index (χ0n) is 41.7. The fourth-order valence-corrected chi connectivity index (χ4v) is 6.98. The lowest BCUT2D eigenvalue weighted by Crippen LogP contribution is -2.52. The second-order valence-corrected chi connectivity index (χ2v) is 16.9.